The molecule has 0 saturated carbocycles. The quantitative estimate of drug-likeness (QED) is 0.706. The highest BCUT2D eigenvalue weighted by molar-refractivity contribution is 5.88. The molecule has 0 aliphatic carbocycles. The van der Waals surface area contributed by atoms with Gasteiger partial charge in [0, 0.05) is 32.3 Å². The van der Waals surface area contributed by atoms with Crippen molar-refractivity contribution in [1.82, 2.24) is 15.1 Å². The summed E-state index contributed by atoms with van der Waals surface area (Å²) in [6.45, 7) is 2.33. The molecule has 18 heavy (non-hydrogen) atoms. The van der Waals surface area contributed by atoms with Crippen molar-refractivity contribution in [3.8, 4) is 0 Å². The number of aliphatic carboxylic acids is 1. The molecule has 1 aromatic heterocycles. The summed E-state index contributed by atoms with van der Waals surface area (Å²) in [5, 5.41) is 17.8. The average molecular weight is 254 g/mol. The highest BCUT2D eigenvalue weighted by atomic mass is 16.4. The fourth-order valence-corrected chi connectivity index (χ4v) is 1.38. The molecule has 1 heterocycles. The zero-order valence-corrected chi connectivity index (χ0v) is 10.5. The minimum atomic E-state index is -0.820. The Kier molecular flexibility index (Phi) is 5.16. The lowest BCUT2D eigenvalue weighted by molar-refractivity contribution is -0.137. The third-order valence-corrected chi connectivity index (χ3v) is 2.42. The van der Waals surface area contributed by atoms with Crippen molar-refractivity contribution in [2.45, 2.75) is 19.8 Å². The van der Waals surface area contributed by atoms with Crippen LogP contribution in [0.25, 0.3) is 0 Å². The number of hydrogen-bond donors (Lipinski definition) is 3. The molecule has 0 aliphatic rings. The Hall–Kier alpha value is -2.05. The van der Waals surface area contributed by atoms with Crippen molar-refractivity contribution in [2.75, 3.05) is 11.9 Å². The second-order valence-corrected chi connectivity index (χ2v) is 4.25. The number of urea groups is 1. The SMILES string of the molecule is CC(CCC(=O)O)CNC(=O)Nc1ccn(C)n1. The molecular weight excluding hydrogens is 236 g/mol. The molecule has 7 heteroatoms. The molecule has 1 rings (SSSR count). The van der Waals surface area contributed by atoms with Gasteiger partial charge < -0.3 is 10.4 Å². The van der Waals surface area contributed by atoms with Crippen molar-refractivity contribution in [3.63, 3.8) is 0 Å². The van der Waals surface area contributed by atoms with E-state index in [1.54, 1.807) is 24.0 Å². The van der Waals surface area contributed by atoms with E-state index in [2.05, 4.69) is 15.7 Å². The van der Waals surface area contributed by atoms with Gasteiger partial charge in [0.2, 0.25) is 0 Å². The highest BCUT2D eigenvalue weighted by Crippen LogP contribution is 2.04. The summed E-state index contributed by atoms with van der Waals surface area (Å²) in [7, 11) is 1.76. The summed E-state index contributed by atoms with van der Waals surface area (Å²) < 4.78 is 1.59. The Morgan fingerprint density at radius 3 is 2.83 bits per heavy atom. The van der Waals surface area contributed by atoms with Gasteiger partial charge in [-0.1, -0.05) is 6.92 Å². The van der Waals surface area contributed by atoms with Gasteiger partial charge in [0.25, 0.3) is 0 Å². The van der Waals surface area contributed by atoms with Crippen LogP contribution in [0.3, 0.4) is 0 Å². The van der Waals surface area contributed by atoms with E-state index < -0.39 is 5.97 Å². The van der Waals surface area contributed by atoms with Gasteiger partial charge in [-0.2, -0.15) is 5.10 Å². The largest absolute Gasteiger partial charge is 0.481 e. The lowest BCUT2D eigenvalue weighted by atomic mass is 10.1. The molecule has 1 aromatic rings. The van der Waals surface area contributed by atoms with Crippen LogP contribution in [0.2, 0.25) is 0 Å². The van der Waals surface area contributed by atoms with Crippen molar-refractivity contribution in [1.29, 1.82) is 0 Å². The van der Waals surface area contributed by atoms with Gasteiger partial charge in [0.05, 0.1) is 0 Å². The lowest BCUT2D eigenvalue weighted by Gasteiger charge is -2.11. The first kappa shape index (κ1) is 14.0. The Morgan fingerprint density at radius 1 is 1.56 bits per heavy atom. The summed E-state index contributed by atoms with van der Waals surface area (Å²) in [5.74, 6) is -0.219. The van der Waals surface area contributed by atoms with Gasteiger partial charge in [0.15, 0.2) is 5.82 Å². The van der Waals surface area contributed by atoms with E-state index in [4.69, 9.17) is 5.11 Å². The second-order valence-electron chi connectivity index (χ2n) is 4.25. The van der Waals surface area contributed by atoms with Gasteiger partial charge in [-0.3, -0.25) is 14.8 Å². The topological polar surface area (TPSA) is 96.3 Å². The van der Waals surface area contributed by atoms with E-state index >= 15 is 0 Å². The standard InChI is InChI=1S/C11H18N4O3/c1-8(3-4-10(16)17)7-12-11(18)13-9-5-6-15(2)14-9/h5-6,8H,3-4,7H2,1-2H3,(H,16,17)(H2,12,13,14,18). The number of aromatic nitrogens is 2. The Morgan fingerprint density at radius 2 is 2.28 bits per heavy atom. The first-order valence-corrected chi connectivity index (χ1v) is 5.73. The number of carbonyl (C=O) groups excluding carboxylic acids is 1. The Balaban J connectivity index is 2.22. The van der Waals surface area contributed by atoms with Crippen LogP contribution >= 0.6 is 0 Å². The number of carboxylic acid groups (broad SMARTS) is 1. The molecule has 7 nitrogen and oxygen atoms in total. The number of carboxylic acids is 1. The molecule has 0 saturated heterocycles. The van der Waals surface area contributed by atoms with Crippen molar-refractivity contribution in [3.05, 3.63) is 12.3 Å². The highest BCUT2D eigenvalue weighted by Gasteiger charge is 2.08. The fourth-order valence-electron chi connectivity index (χ4n) is 1.38. The van der Waals surface area contributed by atoms with Crippen LogP contribution in [0.15, 0.2) is 12.3 Å². The summed E-state index contributed by atoms with van der Waals surface area (Å²) in [6, 6.07) is 1.35. The van der Waals surface area contributed by atoms with E-state index in [0.717, 1.165) is 0 Å². The van der Waals surface area contributed by atoms with Gasteiger partial charge >= 0.3 is 12.0 Å². The maximum Gasteiger partial charge on any atom is 0.320 e. The summed E-state index contributed by atoms with van der Waals surface area (Å²) in [4.78, 5) is 21.9. The predicted octanol–water partition coefficient (Wildman–Crippen LogP) is 1.04. The van der Waals surface area contributed by atoms with Crippen LogP contribution in [0.5, 0.6) is 0 Å². The third kappa shape index (κ3) is 5.33. The average Bonchev–Trinajstić information content (AvgIpc) is 2.69. The second kappa shape index (κ2) is 6.63. The zero-order valence-electron chi connectivity index (χ0n) is 10.5. The maximum atomic E-state index is 11.5. The molecular formula is C11H18N4O3. The first-order valence-electron chi connectivity index (χ1n) is 5.73. The van der Waals surface area contributed by atoms with Crippen LogP contribution in [0.4, 0.5) is 10.6 Å². The molecule has 0 fully saturated rings. The third-order valence-electron chi connectivity index (χ3n) is 2.42. The number of amides is 2. The number of aryl methyl sites for hydroxylation is 1. The number of rotatable bonds is 6. The van der Waals surface area contributed by atoms with E-state index in [9.17, 15) is 9.59 Å². The molecule has 1 atom stereocenters. The van der Waals surface area contributed by atoms with Crippen LogP contribution in [0, 0.1) is 5.92 Å². The monoisotopic (exact) mass is 254 g/mol. The van der Waals surface area contributed by atoms with E-state index in [0.29, 0.717) is 18.8 Å². The number of hydrogen-bond acceptors (Lipinski definition) is 3. The van der Waals surface area contributed by atoms with Crippen molar-refractivity contribution < 1.29 is 14.7 Å². The summed E-state index contributed by atoms with van der Waals surface area (Å²) in [5.41, 5.74) is 0. The van der Waals surface area contributed by atoms with Crippen molar-refractivity contribution in [2.24, 2.45) is 13.0 Å². The number of carbonyl (C=O) groups is 2. The van der Waals surface area contributed by atoms with Gasteiger partial charge in [0.1, 0.15) is 0 Å². The van der Waals surface area contributed by atoms with Gasteiger partial charge in [-0.15, -0.1) is 0 Å². The summed E-state index contributed by atoms with van der Waals surface area (Å²) in [6.07, 6.45) is 2.38. The van der Waals surface area contributed by atoms with Crippen LogP contribution in [-0.2, 0) is 11.8 Å². The lowest BCUT2D eigenvalue weighted by Crippen LogP contribution is -2.32. The number of nitrogens with one attached hydrogen (secondary N) is 2. The number of anilines is 1. The Bertz CT molecular complexity index is 416. The minimum Gasteiger partial charge on any atom is -0.481 e. The molecule has 0 radical (unpaired) electrons. The van der Waals surface area contributed by atoms with Crippen LogP contribution in [-0.4, -0.2) is 33.4 Å². The van der Waals surface area contributed by atoms with Gasteiger partial charge in [-0.25, -0.2) is 4.79 Å². The van der Waals surface area contributed by atoms with E-state index in [1.807, 2.05) is 6.92 Å². The van der Waals surface area contributed by atoms with Crippen molar-refractivity contribution >= 4 is 17.8 Å². The molecule has 1 unspecified atom stereocenters. The molecule has 2 amide bonds. The first-order chi connectivity index (χ1) is 8.47. The van der Waals surface area contributed by atoms with E-state index in [-0.39, 0.29) is 18.4 Å². The number of nitrogens with zero attached hydrogens (tertiary/aromatic N) is 2. The van der Waals surface area contributed by atoms with E-state index in [1.165, 1.54) is 0 Å². The molecule has 3 N–H and O–H groups in total. The van der Waals surface area contributed by atoms with Gasteiger partial charge in [-0.05, 0) is 12.3 Å². The molecule has 0 aliphatic heterocycles. The molecule has 0 aromatic carbocycles. The fraction of sp³-hybridized carbons (Fsp3) is 0.545. The molecule has 0 spiro atoms. The van der Waals surface area contributed by atoms with Crippen LogP contribution in [0.1, 0.15) is 19.8 Å². The zero-order chi connectivity index (χ0) is 13.5. The van der Waals surface area contributed by atoms with Crippen LogP contribution < -0.4 is 10.6 Å². The normalized spacial score (nSPS) is 11.9. The molecule has 0 bridgehead atoms. The Labute approximate surface area is 105 Å². The minimum absolute atomic E-state index is 0.116. The molecule has 100 valence electrons. The predicted molar refractivity (Wildman–Crippen MR) is 66.3 cm³/mol. The summed E-state index contributed by atoms with van der Waals surface area (Å²) >= 11 is 0. The smallest absolute Gasteiger partial charge is 0.320 e. The maximum absolute atomic E-state index is 11.5.